The Balaban J connectivity index is 1.90. The third kappa shape index (κ3) is 4.77. The number of benzene rings is 3. The molecule has 0 fully saturated rings. The summed E-state index contributed by atoms with van der Waals surface area (Å²) in [4.78, 5) is 13.1. The summed E-state index contributed by atoms with van der Waals surface area (Å²) in [5.74, 6) is -0.352. The second-order valence-corrected chi connectivity index (χ2v) is 9.57. The van der Waals surface area contributed by atoms with Crippen molar-refractivity contribution in [3.63, 3.8) is 0 Å². The Morgan fingerprint density at radius 3 is 2.50 bits per heavy atom. The molecule has 1 unspecified atom stereocenters. The summed E-state index contributed by atoms with van der Waals surface area (Å²) in [6, 6.07) is 18.0. The first kappa shape index (κ1) is 22.1. The normalized spacial score (nSPS) is 12.5. The van der Waals surface area contributed by atoms with Crippen LogP contribution in [0, 0.1) is 6.92 Å². The maximum atomic E-state index is 13.1. The fourth-order valence-electron chi connectivity index (χ4n) is 3.60. The second kappa shape index (κ2) is 9.06. The maximum Gasteiger partial charge on any atom is 0.244 e. The van der Waals surface area contributed by atoms with Crippen molar-refractivity contribution in [3.05, 3.63) is 76.8 Å². The fourth-order valence-corrected chi connectivity index (χ4v) is 5.03. The Morgan fingerprint density at radius 2 is 1.80 bits per heavy atom. The molecule has 30 heavy (non-hydrogen) atoms. The third-order valence-corrected chi connectivity index (χ3v) is 6.47. The molecule has 0 saturated heterocycles. The monoisotopic (exact) mass is 444 g/mol. The fraction of sp³-hybridized carbons (Fsp3) is 0.261. The lowest BCUT2D eigenvalue weighted by Crippen LogP contribution is -2.49. The minimum atomic E-state index is -3.72. The van der Waals surface area contributed by atoms with Gasteiger partial charge in [-0.05, 0) is 47.4 Å². The predicted molar refractivity (Wildman–Crippen MR) is 123 cm³/mol. The molecule has 0 radical (unpaired) electrons. The van der Waals surface area contributed by atoms with Crippen molar-refractivity contribution in [2.45, 2.75) is 32.9 Å². The van der Waals surface area contributed by atoms with E-state index >= 15 is 0 Å². The van der Waals surface area contributed by atoms with Gasteiger partial charge in [-0.1, -0.05) is 67.1 Å². The first-order valence-corrected chi connectivity index (χ1v) is 11.9. The van der Waals surface area contributed by atoms with Crippen molar-refractivity contribution >= 4 is 44.0 Å². The Labute approximate surface area is 182 Å². The van der Waals surface area contributed by atoms with Crippen molar-refractivity contribution in [1.82, 2.24) is 5.32 Å². The minimum Gasteiger partial charge on any atom is -0.350 e. The van der Waals surface area contributed by atoms with Gasteiger partial charge in [0.15, 0.2) is 0 Å². The molecule has 3 rings (SSSR count). The van der Waals surface area contributed by atoms with Crippen molar-refractivity contribution in [2.24, 2.45) is 0 Å². The Hall–Kier alpha value is -2.57. The van der Waals surface area contributed by atoms with Crippen LogP contribution in [-0.2, 0) is 21.4 Å². The van der Waals surface area contributed by atoms with E-state index in [0.717, 1.165) is 28.2 Å². The molecule has 0 aliphatic carbocycles. The number of anilines is 1. The Morgan fingerprint density at radius 1 is 1.10 bits per heavy atom. The average Bonchev–Trinajstić information content (AvgIpc) is 2.71. The van der Waals surface area contributed by atoms with Gasteiger partial charge < -0.3 is 5.32 Å². The van der Waals surface area contributed by atoms with E-state index in [9.17, 15) is 13.2 Å². The zero-order valence-corrected chi connectivity index (χ0v) is 18.8. The molecule has 0 spiro atoms. The van der Waals surface area contributed by atoms with Crippen LogP contribution < -0.4 is 9.62 Å². The first-order chi connectivity index (χ1) is 14.2. The highest BCUT2D eigenvalue weighted by Crippen LogP contribution is 2.29. The molecule has 5 nitrogen and oxygen atoms in total. The van der Waals surface area contributed by atoms with Crippen LogP contribution in [0.5, 0.6) is 0 Å². The van der Waals surface area contributed by atoms with Gasteiger partial charge in [-0.3, -0.25) is 9.10 Å². The summed E-state index contributed by atoms with van der Waals surface area (Å²) < 4.78 is 26.5. The van der Waals surface area contributed by atoms with E-state index in [1.54, 1.807) is 32.0 Å². The van der Waals surface area contributed by atoms with Crippen LogP contribution in [-0.4, -0.2) is 26.6 Å². The highest BCUT2D eigenvalue weighted by atomic mass is 35.5. The number of carbonyl (C=O) groups excluding carboxylic acids is 1. The van der Waals surface area contributed by atoms with Gasteiger partial charge in [-0.25, -0.2) is 8.42 Å². The lowest BCUT2D eigenvalue weighted by molar-refractivity contribution is -0.122. The number of amides is 1. The van der Waals surface area contributed by atoms with Gasteiger partial charge in [-0.2, -0.15) is 0 Å². The molecular weight excluding hydrogens is 420 g/mol. The van der Waals surface area contributed by atoms with Crippen LogP contribution in [0.1, 0.15) is 24.5 Å². The molecular formula is C23H25ClN2O3S. The number of nitrogens with zero attached hydrogens (tertiary/aromatic N) is 1. The molecule has 0 aromatic heterocycles. The van der Waals surface area contributed by atoms with Crippen LogP contribution in [0.3, 0.4) is 0 Å². The molecule has 158 valence electrons. The highest BCUT2D eigenvalue weighted by molar-refractivity contribution is 7.92. The number of carbonyl (C=O) groups is 1. The zero-order valence-electron chi connectivity index (χ0n) is 17.2. The molecule has 1 amide bonds. The average molecular weight is 445 g/mol. The van der Waals surface area contributed by atoms with E-state index in [1.807, 2.05) is 42.5 Å². The number of nitrogens with one attached hydrogen (secondary N) is 1. The first-order valence-electron chi connectivity index (χ1n) is 9.72. The van der Waals surface area contributed by atoms with Crippen LogP contribution in [0.4, 0.5) is 5.69 Å². The number of hydrogen-bond donors (Lipinski definition) is 1. The largest absolute Gasteiger partial charge is 0.350 e. The van der Waals surface area contributed by atoms with E-state index in [0.29, 0.717) is 23.7 Å². The van der Waals surface area contributed by atoms with Gasteiger partial charge >= 0.3 is 0 Å². The van der Waals surface area contributed by atoms with E-state index < -0.39 is 16.1 Å². The summed E-state index contributed by atoms with van der Waals surface area (Å²) in [6.07, 6.45) is 1.42. The molecule has 0 bridgehead atoms. The van der Waals surface area contributed by atoms with Crippen molar-refractivity contribution in [2.75, 3.05) is 10.6 Å². The van der Waals surface area contributed by atoms with E-state index in [-0.39, 0.29) is 5.91 Å². The molecule has 0 aliphatic rings. The van der Waals surface area contributed by atoms with Crippen LogP contribution in [0.15, 0.2) is 60.7 Å². The molecule has 0 heterocycles. The third-order valence-electron chi connectivity index (χ3n) is 5.07. The van der Waals surface area contributed by atoms with Gasteiger partial charge in [0.1, 0.15) is 6.04 Å². The minimum absolute atomic E-state index is 0.308. The summed E-state index contributed by atoms with van der Waals surface area (Å²) in [5.41, 5.74) is 2.11. The lowest BCUT2D eigenvalue weighted by atomic mass is 10.0. The summed E-state index contributed by atoms with van der Waals surface area (Å²) in [5, 5.41) is 5.47. The van der Waals surface area contributed by atoms with E-state index in [2.05, 4.69) is 5.32 Å². The van der Waals surface area contributed by atoms with Gasteiger partial charge in [-0.15, -0.1) is 0 Å². The standard InChI is InChI=1S/C23H25ClN2O3S/c1-4-21(26(30(3,28)29)22-14-19(24)13-12-16(22)2)23(27)25-15-18-10-7-9-17-8-5-6-11-20(17)18/h5-14,21H,4,15H2,1-3H3,(H,25,27). The van der Waals surface area contributed by atoms with Gasteiger partial charge in [0, 0.05) is 11.6 Å². The SMILES string of the molecule is CCC(C(=O)NCc1cccc2ccccc12)N(c1cc(Cl)ccc1C)S(C)(=O)=O. The lowest BCUT2D eigenvalue weighted by Gasteiger charge is -2.31. The quantitative estimate of drug-likeness (QED) is 0.576. The van der Waals surface area contributed by atoms with Gasteiger partial charge in [0.05, 0.1) is 11.9 Å². The van der Waals surface area contributed by atoms with Gasteiger partial charge in [0.25, 0.3) is 0 Å². The Bertz CT molecular complexity index is 1170. The van der Waals surface area contributed by atoms with Crippen LogP contribution in [0.2, 0.25) is 5.02 Å². The zero-order chi connectivity index (χ0) is 21.9. The summed E-state index contributed by atoms with van der Waals surface area (Å²) in [7, 11) is -3.72. The molecule has 3 aromatic carbocycles. The molecule has 0 saturated carbocycles. The predicted octanol–water partition coefficient (Wildman–Crippen LogP) is 4.66. The van der Waals surface area contributed by atoms with Crippen molar-refractivity contribution in [3.8, 4) is 0 Å². The molecule has 7 heteroatoms. The van der Waals surface area contributed by atoms with Crippen LogP contribution >= 0.6 is 11.6 Å². The van der Waals surface area contributed by atoms with Crippen molar-refractivity contribution < 1.29 is 13.2 Å². The van der Waals surface area contributed by atoms with Gasteiger partial charge in [0.2, 0.25) is 15.9 Å². The van der Waals surface area contributed by atoms with Crippen molar-refractivity contribution in [1.29, 1.82) is 0 Å². The summed E-state index contributed by atoms with van der Waals surface area (Å²) >= 11 is 6.11. The number of fused-ring (bicyclic) bond motifs is 1. The van der Waals surface area contributed by atoms with E-state index in [1.165, 1.54) is 4.31 Å². The molecule has 3 aromatic rings. The number of hydrogen-bond acceptors (Lipinski definition) is 3. The molecule has 1 atom stereocenters. The topological polar surface area (TPSA) is 66.5 Å². The maximum absolute atomic E-state index is 13.1. The second-order valence-electron chi connectivity index (χ2n) is 7.27. The number of sulfonamides is 1. The molecule has 1 N–H and O–H groups in total. The highest BCUT2D eigenvalue weighted by Gasteiger charge is 2.32. The smallest absolute Gasteiger partial charge is 0.244 e. The molecule has 0 aliphatic heterocycles. The Kier molecular flexibility index (Phi) is 6.68. The van der Waals surface area contributed by atoms with E-state index in [4.69, 9.17) is 11.6 Å². The number of aryl methyl sites for hydroxylation is 1. The van der Waals surface area contributed by atoms with Crippen LogP contribution in [0.25, 0.3) is 10.8 Å². The summed E-state index contributed by atoms with van der Waals surface area (Å²) in [6.45, 7) is 3.90. The number of rotatable bonds is 7. The number of halogens is 1.